The van der Waals surface area contributed by atoms with Gasteiger partial charge in [-0.25, -0.2) is 8.42 Å². The Morgan fingerprint density at radius 3 is 2.53 bits per heavy atom. The maximum absolute atomic E-state index is 12.3. The van der Waals surface area contributed by atoms with Gasteiger partial charge in [0.2, 0.25) is 0 Å². The van der Waals surface area contributed by atoms with Crippen LogP contribution in [0, 0.1) is 0 Å². The molecule has 104 valence electrons. The lowest BCUT2D eigenvalue weighted by molar-refractivity contribution is 0.412. The molecule has 1 aliphatic heterocycles. The fourth-order valence-electron chi connectivity index (χ4n) is 2.66. The van der Waals surface area contributed by atoms with Gasteiger partial charge in [-0.05, 0) is 65.9 Å². The molecule has 1 heterocycles. The van der Waals surface area contributed by atoms with Crippen LogP contribution in [0.3, 0.4) is 0 Å². The Kier molecular flexibility index (Phi) is 3.71. The van der Waals surface area contributed by atoms with Crippen LogP contribution in [0.4, 0.5) is 0 Å². The van der Waals surface area contributed by atoms with Crippen LogP contribution in [0.2, 0.25) is 0 Å². The van der Waals surface area contributed by atoms with Crippen molar-refractivity contribution in [1.29, 1.82) is 0 Å². The summed E-state index contributed by atoms with van der Waals surface area (Å²) in [5.74, 6) is 0. The summed E-state index contributed by atoms with van der Waals surface area (Å²) in [4.78, 5) is 0.453. The van der Waals surface area contributed by atoms with Gasteiger partial charge in [-0.3, -0.25) is 0 Å². The Bertz CT molecular complexity index is 575. The minimum atomic E-state index is -3.11. The summed E-state index contributed by atoms with van der Waals surface area (Å²) in [7, 11) is -3.11. The first-order valence-electron chi connectivity index (χ1n) is 6.86. The molecular formula is C14H18BrNO2S. The first-order chi connectivity index (χ1) is 9.09. The summed E-state index contributed by atoms with van der Waals surface area (Å²) >= 11 is 3.44. The maximum atomic E-state index is 12.3. The Balaban J connectivity index is 1.89. The van der Waals surface area contributed by atoms with Gasteiger partial charge in [0, 0.05) is 10.5 Å². The summed E-state index contributed by atoms with van der Waals surface area (Å²) in [6.07, 6.45) is 5.20. The smallest absolute Gasteiger partial charge is 0.182 e. The molecule has 0 bridgehead atoms. The van der Waals surface area contributed by atoms with E-state index in [2.05, 4.69) is 21.2 Å². The molecule has 0 radical (unpaired) electrons. The van der Waals surface area contributed by atoms with Gasteiger partial charge in [0.05, 0.1) is 10.1 Å². The third kappa shape index (κ3) is 2.73. The molecule has 1 aromatic carbocycles. The summed E-state index contributed by atoms with van der Waals surface area (Å²) in [5.41, 5.74) is 1.18. The first kappa shape index (κ1) is 13.6. The third-order valence-corrected chi connectivity index (χ3v) is 7.18. The summed E-state index contributed by atoms with van der Waals surface area (Å²) in [6, 6.07) is 6.06. The zero-order valence-corrected chi connectivity index (χ0v) is 13.1. The number of nitrogens with one attached hydrogen (secondary N) is 1. The van der Waals surface area contributed by atoms with Crippen molar-refractivity contribution in [1.82, 2.24) is 5.32 Å². The highest BCUT2D eigenvalue weighted by Gasteiger charge is 2.38. The van der Waals surface area contributed by atoms with Crippen molar-refractivity contribution in [3.05, 3.63) is 28.2 Å². The zero-order valence-electron chi connectivity index (χ0n) is 10.7. The zero-order chi connectivity index (χ0) is 13.5. The van der Waals surface area contributed by atoms with Gasteiger partial charge in [0.15, 0.2) is 9.84 Å². The van der Waals surface area contributed by atoms with Gasteiger partial charge in [-0.2, -0.15) is 0 Å². The van der Waals surface area contributed by atoms with E-state index in [1.165, 1.54) is 18.4 Å². The van der Waals surface area contributed by atoms with E-state index in [4.69, 9.17) is 0 Å². The monoisotopic (exact) mass is 343 g/mol. The van der Waals surface area contributed by atoms with Crippen molar-refractivity contribution in [3.8, 4) is 0 Å². The van der Waals surface area contributed by atoms with E-state index in [0.717, 1.165) is 25.8 Å². The summed E-state index contributed by atoms with van der Waals surface area (Å²) < 4.78 is 25.2. The summed E-state index contributed by atoms with van der Waals surface area (Å²) in [6.45, 7) is 1.05. The van der Waals surface area contributed by atoms with Gasteiger partial charge in [0.25, 0.3) is 0 Å². The standard InChI is InChI=1S/C14H18BrNO2S/c15-12-9-10(13-3-1-2-8-16-13)4-7-14(12)19(17,18)11-5-6-11/h4,7,9,11,13,16H,1-3,5-6,8H2. The van der Waals surface area contributed by atoms with Gasteiger partial charge < -0.3 is 5.32 Å². The number of hydrogen-bond acceptors (Lipinski definition) is 3. The van der Waals surface area contributed by atoms with Crippen molar-refractivity contribution < 1.29 is 8.42 Å². The topological polar surface area (TPSA) is 46.2 Å². The molecule has 1 saturated carbocycles. The Labute approximate surface area is 122 Å². The molecule has 1 N–H and O–H groups in total. The van der Waals surface area contributed by atoms with E-state index in [9.17, 15) is 8.42 Å². The highest BCUT2D eigenvalue weighted by molar-refractivity contribution is 9.10. The molecule has 3 rings (SSSR count). The number of benzene rings is 1. The normalized spacial score (nSPS) is 24.4. The molecule has 2 aliphatic rings. The fourth-order valence-corrected chi connectivity index (χ4v) is 5.44. The van der Waals surface area contributed by atoms with Gasteiger partial charge in [0.1, 0.15) is 0 Å². The van der Waals surface area contributed by atoms with Gasteiger partial charge >= 0.3 is 0 Å². The van der Waals surface area contributed by atoms with E-state index in [1.807, 2.05) is 12.1 Å². The molecule has 1 atom stereocenters. The Morgan fingerprint density at radius 1 is 1.16 bits per heavy atom. The van der Waals surface area contributed by atoms with Crippen molar-refractivity contribution in [2.75, 3.05) is 6.54 Å². The molecular weight excluding hydrogens is 326 g/mol. The molecule has 19 heavy (non-hydrogen) atoms. The number of sulfone groups is 1. The molecule has 5 heteroatoms. The highest BCUT2D eigenvalue weighted by Crippen LogP contribution is 2.37. The molecule has 1 aliphatic carbocycles. The van der Waals surface area contributed by atoms with E-state index >= 15 is 0 Å². The molecule has 1 unspecified atom stereocenters. The second-order valence-electron chi connectivity index (χ2n) is 5.44. The number of rotatable bonds is 3. The first-order valence-corrected chi connectivity index (χ1v) is 9.20. The lowest BCUT2D eigenvalue weighted by Gasteiger charge is -2.24. The molecule has 3 nitrogen and oxygen atoms in total. The van der Waals surface area contributed by atoms with E-state index < -0.39 is 9.84 Å². The maximum Gasteiger partial charge on any atom is 0.182 e. The molecule has 0 aromatic heterocycles. The predicted octanol–water partition coefficient (Wildman–Crippen LogP) is 3.20. The minimum absolute atomic E-state index is 0.151. The van der Waals surface area contributed by atoms with Crippen LogP contribution < -0.4 is 5.32 Å². The van der Waals surface area contributed by atoms with Gasteiger partial charge in [-0.1, -0.05) is 12.5 Å². The number of halogens is 1. The average molecular weight is 344 g/mol. The van der Waals surface area contributed by atoms with Crippen LogP contribution in [-0.4, -0.2) is 20.2 Å². The van der Waals surface area contributed by atoms with Crippen LogP contribution >= 0.6 is 15.9 Å². The fraction of sp³-hybridized carbons (Fsp3) is 0.571. The number of piperidine rings is 1. The molecule has 1 saturated heterocycles. The quantitative estimate of drug-likeness (QED) is 0.916. The molecule has 0 spiro atoms. The van der Waals surface area contributed by atoms with Crippen molar-refractivity contribution in [2.24, 2.45) is 0 Å². The minimum Gasteiger partial charge on any atom is -0.310 e. The molecule has 0 amide bonds. The van der Waals surface area contributed by atoms with Crippen LogP contribution in [-0.2, 0) is 9.84 Å². The highest BCUT2D eigenvalue weighted by atomic mass is 79.9. The van der Waals surface area contributed by atoms with Crippen LogP contribution in [0.25, 0.3) is 0 Å². The van der Waals surface area contributed by atoms with Crippen LogP contribution in [0.5, 0.6) is 0 Å². The second-order valence-corrected chi connectivity index (χ2v) is 8.49. The predicted molar refractivity (Wildman–Crippen MR) is 78.9 cm³/mol. The van der Waals surface area contributed by atoms with E-state index in [0.29, 0.717) is 15.4 Å². The van der Waals surface area contributed by atoms with Crippen molar-refractivity contribution in [2.45, 2.75) is 48.3 Å². The van der Waals surface area contributed by atoms with Crippen molar-refractivity contribution >= 4 is 25.8 Å². The van der Waals surface area contributed by atoms with Crippen LogP contribution in [0.1, 0.15) is 43.7 Å². The molecule has 1 aromatic rings. The SMILES string of the molecule is O=S(=O)(c1ccc(C2CCCCN2)cc1Br)C1CC1. The molecule has 2 fully saturated rings. The third-order valence-electron chi connectivity index (χ3n) is 3.94. The van der Waals surface area contributed by atoms with E-state index in [-0.39, 0.29) is 5.25 Å². The Hall–Kier alpha value is -0.390. The average Bonchev–Trinajstić information content (AvgIpc) is 3.24. The van der Waals surface area contributed by atoms with E-state index in [1.54, 1.807) is 6.07 Å². The number of hydrogen-bond donors (Lipinski definition) is 1. The largest absolute Gasteiger partial charge is 0.310 e. The second kappa shape index (κ2) is 5.19. The van der Waals surface area contributed by atoms with Gasteiger partial charge in [-0.15, -0.1) is 0 Å². The van der Waals surface area contributed by atoms with Crippen molar-refractivity contribution in [3.63, 3.8) is 0 Å². The lowest BCUT2D eigenvalue weighted by atomic mass is 9.98. The Morgan fingerprint density at radius 2 is 1.95 bits per heavy atom. The lowest BCUT2D eigenvalue weighted by Crippen LogP contribution is -2.26. The summed E-state index contributed by atoms with van der Waals surface area (Å²) in [5, 5.41) is 3.34. The van der Waals surface area contributed by atoms with Crippen LogP contribution in [0.15, 0.2) is 27.6 Å².